The summed E-state index contributed by atoms with van der Waals surface area (Å²) in [7, 11) is 1.68. The first-order chi connectivity index (χ1) is 7.49. The second-order valence-electron chi connectivity index (χ2n) is 3.44. The lowest BCUT2D eigenvalue weighted by Crippen LogP contribution is -2.26. The van der Waals surface area contributed by atoms with E-state index in [1.54, 1.807) is 27.8 Å². The lowest BCUT2D eigenvalue weighted by Gasteiger charge is -2.20. The topological polar surface area (TPSA) is 46.6 Å². The molecule has 0 aromatic carbocycles. The lowest BCUT2D eigenvalue weighted by molar-refractivity contribution is -0.138. The smallest absolute Gasteiger partial charge is 0.335 e. The summed E-state index contributed by atoms with van der Waals surface area (Å²) in [6.07, 6.45) is 0.986. The van der Waals surface area contributed by atoms with Crippen molar-refractivity contribution >= 4 is 11.9 Å². The number of hydrogen-bond acceptors (Lipinski definition) is 3. The average Bonchev–Trinajstić information content (AvgIpc) is 2.28. The van der Waals surface area contributed by atoms with Crippen molar-refractivity contribution in [1.82, 2.24) is 4.90 Å². The van der Waals surface area contributed by atoms with Crippen molar-refractivity contribution in [3.8, 4) is 0 Å². The molecule has 0 atom stereocenters. The predicted molar refractivity (Wildman–Crippen MR) is 62.7 cm³/mol. The molecule has 0 aromatic rings. The molecule has 0 spiro atoms. The number of ether oxygens (including phenoxy) is 1. The summed E-state index contributed by atoms with van der Waals surface area (Å²) < 4.78 is 4.94. The number of hydrogen-bond donors (Lipinski definition) is 0. The molecule has 4 nitrogen and oxygen atoms in total. The second-order valence-corrected chi connectivity index (χ2v) is 3.44. The first-order valence-corrected chi connectivity index (χ1v) is 5.62. The van der Waals surface area contributed by atoms with Gasteiger partial charge in [0.25, 0.3) is 0 Å². The summed E-state index contributed by atoms with van der Waals surface area (Å²) in [5, 5.41) is 0. The van der Waals surface area contributed by atoms with Crippen LogP contribution in [0.3, 0.4) is 0 Å². The molecule has 4 heteroatoms. The van der Waals surface area contributed by atoms with E-state index < -0.39 is 0 Å². The Hall–Kier alpha value is -1.32. The fourth-order valence-electron chi connectivity index (χ4n) is 1.39. The number of esters is 1. The predicted octanol–water partition coefficient (Wildman–Crippen LogP) is 2.10. The molecule has 0 radical (unpaired) electrons. The minimum absolute atomic E-state index is 0.00671. The normalized spacial score (nSPS) is 11.8. The molecule has 0 unspecified atom stereocenters. The number of allylic oxidation sites excluding steroid dienone is 1. The number of carbonyl (C=O) groups is 2. The highest BCUT2D eigenvalue weighted by molar-refractivity contribution is 5.90. The molecule has 0 N–H and O–H groups in total. The van der Waals surface area contributed by atoms with Crippen LogP contribution in [0.5, 0.6) is 0 Å². The van der Waals surface area contributed by atoms with Crippen LogP contribution >= 0.6 is 0 Å². The van der Waals surface area contributed by atoms with Crippen molar-refractivity contribution in [2.24, 2.45) is 0 Å². The Balaban J connectivity index is 4.99. The molecule has 0 saturated heterocycles. The third kappa shape index (κ3) is 3.68. The molecular formula is C12H21NO3. The van der Waals surface area contributed by atoms with E-state index in [2.05, 4.69) is 0 Å². The van der Waals surface area contributed by atoms with Gasteiger partial charge >= 0.3 is 5.97 Å². The van der Waals surface area contributed by atoms with Gasteiger partial charge in [-0.15, -0.1) is 0 Å². The molecule has 0 heterocycles. The molecular weight excluding hydrogens is 206 g/mol. The minimum atomic E-state index is -0.335. The quantitative estimate of drug-likeness (QED) is 0.534. The van der Waals surface area contributed by atoms with E-state index in [1.807, 2.05) is 6.92 Å². The Labute approximate surface area is 97.3 Å². The SMILES string of the molecule is CCOC(=O)/C(CC)=C(/C)N(C)C(=O)CC. The number of nitrogens with zero attached hydrogens (tertiary/aromatic N) is 1. The monoisotopic (exact) mass is 227 g/mol. The number of rotatable bonds is 5. The zero-order valence-electron chi connectivity index (χ0n) is 10.8. The van der Waals surface area contributed by atoms with Crippen molar-refractivity contribution in [3.05, 3.63) is 11.3 Å². The highest BCUT2D eigenvalue weighted by Crippen LogP contribution is 2.14. The summed E-state index contributed by atoms with van der Waals surface area (Å²) in [6, 6.07) is 0. The van der Waals surface area contributed by atoms with Crippen LogP contribution in [0.25, 0.3) is 0 Å². The van der Waals surface area contributed by atoms with Gasteiger partial charge in [-0.2, -0.15) is 0 Å². The Morgan fingerprint density at radius 1 is 1.12 bits per heavy atom. The van der Waals surface area contributed by atoms with Gasteiger partial charge in [0.2, 0.25) is 5.91 Å². The third-order valence-corrected chi connectivity index (χ3v) is 2.49. The molecule has 0 aliphatic heterocycles. The van der Waals surface area contributed by atoms with Gasteiger partial charge in [-0.25, -0.2) is 4.79 Å². The van der Waals surface area contributed by atoms with Crippen LogP contribution in [-0.2, 0) is 14.3 Å². The molecule has 1 amide bonds. The van der Waals surface area contributed by atoms with Gasteiger partial charge in [-0.1, -0.05) is 13.8 Å². The van der Waals surface area contributed by atoms with E-state index in [4.69, 9.17) is 4.74 Å². The van der Waals surface area contributed by atoms with Gasteiger partial charge in [0, 0.05) is 19.2 Å². The zero-order chi connectivity index (χ0) is 12.7. The van der Waals surface area contributed by atoms with Gasteiger partial charge in [0.1, 0.15) is 0 Å². The van der Waals surface area contributed by atoms with E-state index in [1.165, 1.54) is 4.90 Å². The van der Waals surface area contributed by atoms with Crippen molar-refractivity contribution < 1.29 is 14.3 Å². The fourth-order valence-corrected chi connectivity index (χ4v) is 1.39. The van der Waals surface area contributed by atoms with Crippen LogP contribution in [0.15, 0.2) is 11.3 Å². The van der Waals surface area contributed by atoms with E-state index in [9.17, 15) is 9.59 Å². The molecule has 92 valence electrons. The summed E-state index contributed by atoms with van der Waals surface area (Å²) in [4.78, 5) is 24.6. The van der Waals surface area contributed by atoms with Gasteiger partial charge in [-0.05, 0) is 20.3 Å². The molecule has 0 aliphatic carbocycles. The van der Waals surface area contributed by atoms with Crippen LogP contribution in [0.4, 0.5) is 0 Å². The van der Waals surface area contributed by atoms with Crippen LogP contribution in [0.2, 0.25) is 0 Å². The van der Waals surface area contributed by atoms with Crippen molar-refractivity contribution in [2.75, 3.05) is 13.7 Å². The van der Waals surface area contributed by atoms with Gasteiger partial charge < -0.3 is 9.64 Å². The molecule has 0 saturated carbocycles. The summed E-state index contributed by atoms with van der Waals surface area (Å²) in [5.74, 6) is -0.342. The minimum Gasteiger partial charge on any atom is -0.463 e. The molecule has 0 aliphatic rings. The molecule has 16 heavy (non-hydrogen) atoms. The lowest BCUT2D eigenvalue weighted by atomic mass is 10.1. The van der Waals surface area contributed by atoms with E-state index in [0.29, 0.717) is 30.7 Å². The van der Waals surface area contributed by atoms with Gasteiger partial charge in [0.15, 0.2) is 0 Å². The summed E-state index contributed by atoms with van der Waals surface area (Å²) >= 11 is 0. The first kappa shape index (κ1) is 14.7. The highest BCUT2D eigenvalue weighted by Gasteiger charge is 2.17. The maximum atomic E-state index is 11.6. The highest BCUT2D eigenvalue weighted by atomic mass is 16.5. The van der Waals surface area contributed by atoms with E-state index in [-0.39, 0.29) is 11.9 Å². The standard InChI is InChI=1S/C12H21NO3/c1-6-10(12(15)16-8-3)9(4)13(5)11(14)7-2/h6-8H2,1-5H3/b10-9-. The van der Waals surface area contributed by atoms with Crippen molar-refractivity contribution in [1.29, 1.82) is 0 Å². The van der Waals surface area contributed by atoms with Gasteiger partial charge in [-0.3, -0.25) is 4.79 Å². The maximum absolute atomic E-state index is 11.6. The Morgan fingerprint density at radius 3 is 2.06 bits per heavy atom. The molecule has 0 bridgehead atoms. The molecule has 0 rings (SSSR count). The summed E-state index contributed by atoms with van der Waals surface area (Å²) in [5.41, 5.74) is 1.24. The van der Waals surface area contributed by atoms with Crippen molar-refractivity contribution in [2.45, 2.75) is 40.5 Å². The Kier molecular flexibility index (Phi) is 6.46. The van der Waals surface area contributed by atoms with Crippen molar-refractivity contribution in [3.63, 3.8) is 0 Å². The van der Waals surface area contributed by atoms with Crippen LogP contribution < -0.4 is 0 Å². The number of carbonyl (C=O) groups excluding carboxylic acids is 2. The third-order valence-electron chi connectivity index (χ3n) is 2.49. The van der Waals surface area contributed by atoms with E-state index >= 15 is 0 Å². The zero-order valence-corrected chi connectivity index (χ0v) is 10.8. The van der Waals surface area contributed by atoms with E-state index in [0.717, 1.165) is 0 Å². The summed E-state index contributed by atoms with van der Waals surface area (Å²) in [6.45, 7) is 7.55. The first-order valence-electron chi connectivity index (χ1n) is 5.62. The Morgan fingerprint density at radius 2 is 1.69 bits per heavy atom. The van der Waals surface area contributed by atoms with Gasteiger partial charge in [0.05, 0.1) is 12.2 Å². The van der Waals surface area contributed by atoms with Crippen LogP contribution in [-0.4, -0.2) is 30.4 Å². The number of amides is 1. The van der Waals surface area contributed by atoms with Crippen LogP contribution in [0, 0.1) is 0 Å². The second kappa shape index (κ2) is 7.04. The maximum Gasteiger partial charge on any atom is 0.335 e. The van der Waals surface area contributed by atoms with Crippen LogP contribution in [0.1, 0.15) is 40.5 Å². The molecule has 0 aromatic heterocycles. The molecule has 0 fully saturated rings. The fraction of sp³-hybridized carbons (Fsp3) is 0.667. The Bertz CT molecular complexity index is 295. The average molecular weight is 227 g/mol. The largest absolute Gasteiger partial charge is 0.463 e.